The van der Waals surface area contributed by atoms with Gasteiger partial charge in [-0.25, -0.2) is 9.37 Å². The molecule has 2 N–H and O–H groups in total. The standard InChI is InChI=1S/C28H34FN3/c1-6-12-23(18-25(29)8-3)24-19-26(17-16-22-14-10-9-11-15-22)31-28(20-24)32-27(13-7-2)21(4)30-5/h8-11,13-15,18-21,30H,6-7,12H2,1-5H3,(H,31,32)/b23-18+,25-8+,27-13+. The highest BCUT2D eigenvalue weighted by atomic mass is 19.1. The Morgan fingerprint density at radius 3 is 2.53 bits per heavy atom. The normalized spacial score (nSPS) is 13.4. The van der Waals surface area contributed by atoms with Gasteiger partial charge in [0.05, 0.1) is 0 Å². The molecule has 0 saturated heterocycles. The lowest BCUT2D eigenvalue weighted by Crippen LogP contribution is -2.27. The number of nitrogens with one attached hydrogen (secondary N) is 2. The summed E-state index contributed by atoms with van der Waals surface area (Å²) in [6.45, 7) is 7.99. The number of pyridine rings is 1. The molecule has 4 heteroatoms. The van der Waals surface area contributed by atoms with Crippen molar-refractivity contribution in [3.63, 3.8) is 0 Å². The number of rotatable bonds is 9. The van der Waals surface area contributed by atoms with Gasteiger partial charge in [-0.3, -0.25) is 0 Å². The first-order valence-electron chi connectivity index (χ1n) is 11.3. The van der Waals surface area contributed by atoms with Gasteiger partial charge in [-0.2, -0.15) is 0 Å². The van der Waals surface area contributed by atoms with Gasteiger partial charge in [-0.05, 0) is 81.1 Å². The van der Waals surface area contributed by atoms with Crippen molar-refractivity contribution in [1.82, 2.24) is 10.3 Å². The Morgan fingerprint density at radius 1 is 1.16 bits per heavy atom. The van der Waals surface area contributed by atoms with Crippen LogP contribution >= 0.6 is 0 Å². The summed E-state index contributed by atoms with van der Waals surface area (Å²) in [6, 6.07) is 13.9. The lowest BCUT2D eigenvalue weighted by atomic mass is 10.00. The topological polar surface area (TPSA) is 37.0 Å². The third-order valence-corrected chi connectivity index (χ3v) is 5.01. The molecule has 0 saturated carbocycles. The maximum Gasteiger partial charge on any atom is 0.132 e. The lowest BCUT2D eigenvalue weighted by Gasteiger charge is -2.18. The second-order valence-corrected chi connectivity index (χ2v) is 7.54. The molecule has 1 heterocycles. The maximum absolute atomic E-state index is 14.1. The van der Waals surface area contributed by atoms with Crippen LogP contribution in [0, 0.1) is 11.8 Å². The van der Waals surface area contributed by atoms with E-state index >= 15 is 0 Å². The van der Waals surface area contributed by atoms with E-state index in [1.54, 1.807) is 13.0 Å². The molecule has 3 nitrogen and oxygen atoms in total. The number of nitrogens with zero attached hydrogens (tertiary/aromatic N) is 1. The third-order valence-electron chi connectivity index (χ3n) is 5.01. The Labute approximate surface area is 192 Å². The summed E-state index contributed by atoms with van der Waals surface area (Å²) in [6.07, 6.45) is 7.81. The molecular weight excluding hydrogens is 397 g/mol. The quantitative estimate of drug-likeness (QED) is 0.337. The number of aromatic nitrogens is 1. The Hall–Kier alpha value is -3.16. The minimum Gasteiger partial charge on any atom is -0.343 e. The Bertz CT molecular complexity index is 1020. The molecule has 0 aliphatic carbocycles. The van der Waals surface area contributed by atoms with Gasteiger partial charge in [0.25, 0.3) is 0 Å². The molecular formula is C28H34FN3. The highest BCUT2D eigenvalue weighted by Crippen LogP contribution is 2.26. The minimum atomic E-state index is -0.243. The van der Waals surface area contributed by atoms with Crippen LogP contribution in [0.25, 0.3) is 5.57 Å². The maximum atomic E-state index is 14.1. The molecule has 0 aliphatic heterocycles. The van der Waals surface area contributed by atoms with Crippen LogP contribution in [-0.4, -0.2) is 18.1 Å². The Balaban J connectivity index is 2.57. The van der Waals surface area contributed by atoms with Crippen LogP contribution in [0.3, 0.4) is 0 Å². The second kappa shape index (κ2) is 13.3. The third kappa shape index (κ3) is 7.83. The Morgan fingerprint density at radius 2 is 1.91 bits per heavy atom. The second-order valence-electron chi connectivity index (χ2n) is 7.54. The highest BCUT2D eigenvalue weighted by molar-refractivity contribution is 5.71. The van der Waals surface area contributed by atoms with Crippen molar-refractivity contribution in [3.8, 4) is 11.8 Å². The van der Waals surface area contributed by atoms with Gasteiger partial charge >= 0.3 is 0 Å². The van der Waals surface area contributed by atoms with Crippen molar-refractivity contribution in [2.75, 3.05) is 12.4 Å². The van der Waals surface area contributed by atoms with Crippen molar-refractivity contribution in [2.45, 2.75) is 53.0 Å². The number of likely N-dealkylation sites (N-methyl/N-ethyl adjacent to an activating group) is 1. The van der Waals surface area contributed by atoms with Gasteiger partial charge in [0, 0.05) is 17.3 Å². The molecule has 0 spiro atoms. The van der Waals surface area contributed by atoms with Crippen LogP contribution in [0.4, 0.5) is 10.2 Å². The van der Waals surface area contributed by atoms with Crippen molar-refractivity contribution >= 4 is 11.4 Å². The summed E-state index contributed by atoms with van der Waals surface area (Å²) in [4.78, 5) is 4.74. The molecule has 2 rings (SSSR count). The van der Waals surface area contributed by atoms with E-state index in [0.717, 1.165) is 41.7 Å². The van der Waals surface area contributed by atoms with Crippen LogP contribution in [0.2, 0.25) is 0 Å². The van der Waals surface area contributed by atoms with Crippen LogP contribution in [-0.2, 0) is 0 Å². The number of hydrogen-bond acceptors (Lipinski definition) is 3. The van der Waals surface area contributed by atoms with Gasteiger partial charge in [-0.15, -0.1) is 0 Å². The predicted octanol–water partition coefficient (Wildman–Crippen LogP) is 6.85. The largest absolute Gasteiger partial charge is 0.343 e. The first-order chi connectivity index (χ1) is 15.5. The van der Waals surface area contributed by atoms with E-state index in [4.69, 9.17) is 4.98 Å². The fraction of sp³-hybridized carbons (Fsp3) is 0.321. The number of hydrogen-bond donors (Lipinski definition) is 2. The van der Waals surface area contributed by atoms with Crippen LogP contribution < -0.4 is 10.6 Å². The molecule has 1 aromatic heterocycles. The molecule has 1 atom stereocenters. The van der Waals surface area contributed by atoms with Gasteiger partial charge in [0.2, 0.25) is 0 Å². The van der Waals surface area contributed by atoms with Crippen molar-refractivity contribution in [3.05, 3.63) is 89.0 Å². The summed E-state index contributed by atoms with van der Waals surface area (Å²) in [7, 11) is 1.93. The van der Waals surface area contributed by atoms with Crippen molar-refractivity contribution in [1.29, 1.82) is 0 Å². The molecule has 1 unspecified atom stereocenters. The molecule has 32 heavy (non-hydrogen) atoms. The van der Waals surface area contributed by atoms with Crippen LogP contribution in [0.5, 0.6) is 0 Å². The molecule has 0 amide bonds. The number of halogens is 1. The zero-order valence-corrected chi connectivity index (χ0v) is 19.8. The summed E-state index contributed by atoms with van der Waals surface area (Å²) < 4.78 is 14.1. The highest BCUT2D eigenvalue weighted by Gasteiger charge is 2.11. The van der Waals surface area contributed by atoms with E-state index in [9.17, 15) is 4.39 Å². The van der Waals surface area contributed by atoms with Gasteiger partial charge < -0.3 is 10.6 Å². The summed E-state index contributed by atoms with van der Waals surface area (Å²) in [5.41, 5.74) is 4.46. The van der Waals surface area contributed by atoms with Crippen LogP contribution in [0.15, 0.2) is 72.2 Å². The van der Waals surface area contributed by atoms with Crippen molar-refractivity contribution < 1.29 is 4.39 Å². The molecule has 0 aliphatic rings. The van der Waals surface area contributed by atoms with E-state index in [2.05, 4.69) is 49.3 Å². The van der Waals surface area contributed by atoms with Crippen LogP contribution in [0.1, 0.15) is 63.8 Å². The molecule has 0 fully saturated rings. The lowest BCUT2D eigenvalue weighted by molar-refractivity contribution is 0.664. The average Bonchev–Trinajstić information content (AvgIpc) is 2.82. The first-order valence-corrected chi connectivity index (χ1v) is 11.3. The van der Waals surface area contributed by atoms with Crippen molar-refractivity contribution in [2.24, 2.45) is 0 Å². The molecule has 0 bridgehead atoms. The summed E-state index contributed by atoms with van der Waals surface area (Å²) in [5, 5.41) is 6.73. The van der Waals surface area contributed by atoms with E-state index in [1.807, 2.05) is 49.5 Å². The molecule has 1 aromatic carbocycles. The number of benzene rings is 1. The monoisotopic (exact) mass is 431 g/mol. The fourth-order valence-corrected chi connectivity index (χ4v) is 3.18. The predicted molar refractivity (Wildman–Crippen MR) is 135 cm³/mol. The first kappa shape index (κ1) is 25.1. The Kier molecular flexibility index (Phi) is 10.4. The van der Waals surface area contributed by atoms with Gasteiger partial charge in [-0.1, -0.05) is 56.5 Å². The number of anilines is 1. The van der Waals surface area contributed by atoms with E-state index in [1.165, 1.54) is 6.08 Å². The zero-order chi connectivity index (χ0) is 23.3. The molecule has 168 valence electrons. The molecule has 0 radical (unpaired) electrons. The zero-order valence-electron chi connectivity index (χ0n) is 19.8. The molecule has 2 aromatic rings. The fourth-order valence-electron chi connectivity index (χ4n) is 3.18. The van der Waals surface area contributed by atoms with E-state index in [0.29, 0.717) is 11.5 Å². The number of allylic oxidation sites excluding steroid dienone is 5. The summed E-state index contributed by atoms with van der Waals surface area (Å²) >= 11 is 0. The summed E-state index contributed by atoms with van der Waals surface area (Å²) in [5.74, 6) is 6.82. The van der Waals surface area contributed by atoms with Gasteiger partial charge in [0.15, 0.2) is 0 Å². The van der Waals surface area contributed by atoms with E-state index < -0.39 is 0 Å². The smallest absolute Gasteiger partial charge is 0.132 e. The van der Waals surface area contributed by atoms with E-state index in [-0.39, 0.29) is 11.9 Å². The minimum absolute atomic E-state index is 0.144. The average molecular weight is 432 g/mol. The van der Waals surface area contributed by atoms with Gasteiger partial charge in [0.1, 0.15) is 17.3 Å². The SMILES string of the molecule is C/C=C(F)\C=C(/CCC)c1cc(C#Cc2ccccc2)nc(N/C(=C/CC)C(C)NC)c1.